The van der Waals surface area contributed by atoms with Crippen LogP contribution in [0.5, 0.6) is 0 Å². The fraction of sp³-hybridized carbons (Fsp3) is 0.269. The summed E-state index contributed by atoms with van der Waals surface area (Å²) in [7, 11) is 8.17. The molecule has 1 amide bonds. The molecule has 0 fully saturated rings. The lowest BCUT2D eigenvalue weighted by Gasteiger charge is -2.18. The molecule has 0 radical (unpaired) electrons. The second kappa shape index (κ2) is 11.3. The van der Waals surface area contributed by atoms with Gasteiger partial charge in [-0.15, -0.1) is 46.8 Å². The standard InChI is InChI=1S/C26H30N3OS2/c1-19(30)27-22-15-20(17-31-25-10-6-23(7-11-25)28(2)3)14-21(16-22)18-32-26-12-8-24(9-13-26)29(4)5/h6-13,15-16H,17-18H2,1-5H3,(H,27,30)/q-1. The predicted molar refractivity (Wildman–Crippen MR) is 140 cm³/mol. The van der Waals surface area contributed by atoms with Gasteiger partial charge in [-0.3, -0.25) is 4.79 Å². The SMILES string of the molecule is CC(=O)Nc1cc(CSc2ccc(N(C)C)cc2)[c-]c(CSc2ccc(N(C)C)cc2)c1. The van der Waals surface area contributed by atoms with Crippen LogP contribution in [0, 0.1) is 6.07 Å². The second-order valence-corrected chi connectivity index (χ2v) is 10.1. The molecule has 0 aliphatic heterocycles. The van der Waals surface area contributed by atoms with Gasteiger partial charge in [0.05, 0.1) is 0 Å². The fourth-order valence-corrected chi connectivity index (χ4v) is 4.74. The van der Waals surface area contributed by atoms with Crippen molar-refractivity contribution in [3.8, 4) is 0 Å². The molecule has 0 saturated carbocycles. The third-order valence-corrected chi connectivity index (χ3v) is 6.92. The van der Waals surface area contributed by atoms with E-state index in [0.717, 1.165) is 28.3 Å². The molecule has 4 nitrogen and oxygen atoms in total. The lowest BCUT2D eigenvalue weighted by Crippen LogP contribution is -2.08. The van der Waals surface area contributed by atoms with E-state index in [4.69, 9.17) is 0 Å². The summed E-state index contributed by atoms with van der Waals surface area (Å²) in [4.78, 5) is 18.2. The fourth-order valence-electron chi connectivity index (χ4n) is 3.13. The van der Waals surface area contributed by atoms with E-state index in [1.165, 1.54) is 28.1 Å². The zero-order chi connectivity index (χ0) is 23.1. The first-order valence-corrected chi connectivity index (χ1v) is 12.4. The number of amides is 1. The minimum Gasteiger partial charge on any atom is -0.378 e. The highest BCUT2D eigenvalue weighted by Crippen LogP contribution is 2.29. The molecular formula is C26H30N3OS2-. The topological polar surface area (TPSA) is 35.6 Å². The summed E-state index contributed by atoms with van der Waals surface area (Å²) in [5.41, 5.74) is 5.36. The van der Waals surface area contributed by atoms with Crippen molar-refractivity contribution in [1.82, 2.24) is 0 Å². The summed E-state index contributed by atoms with van der Waals surface area (Å²) in [6.45, 7) is 1.54. The minimum absolute atomic E-state index is 0.0630. The molecule has 0 aliphatic carbocycles. The summed E-state index contributed by atoms with van der Waals surface area (Å²) < 4.78 is 0. The Hall–Kier alpha value is -2.57. The number of rotatable bonds is 9. The lowest BCUT2D eigenvalue weighted by atomic mass is 10.1. The molecule has 0 aromatic heterocycles. The highest BCUT2D eigenvalue weighted by molar-refractivity contribution is 7.98. The first-order valence-electron chi connectivity index (χ1n) is 10.4. The van der Waals surface area contributed by atoms with Crippen LogP contribution in [0.3, 0.4) is 0 Å². The first-order chi connectivity index (χ1) is 15.3. The van der Waals surface area contributed by atoms with Gasteiger partial charge < -0.3 is 15.1 Å². The molecule has 3 aromatic rings. The number of carbonyl (C=O) groups is 1. The summed E-state index contributed by atoms with van der Waals surface area (Å²) in [5.74, 6) is 1.53. The Kier molecular flexibility index (Phi) is 8.53. The van der Waals surface area contributed by atoms with E-state index in [0.29, 0.717) is 0 Å². The molecular weight excluding hydrogens is 434 g/mol. The van der Waals surface area contributed by atoms with Crippen LogP contribution < -0.4 is 15.1 Å². The maximum Gasteiger partial charge on any atom is 0.219 e. The zero-order valence-corrected chi connectivity index (χ0v) is 20.9. The van der Waals surface area contributed by atoms with Crippen LogP contribution in [-0.4, -0.2) is 34.1 Å². The lowest BCUT2D eigenvalue weighted by molar-refractivity contribution is -0.114. The summed E-state index contributed by atoms with van der Waals surface area (Å²) in [6, 6.07) is 24.7. The average Bonchev–Trinajstić information content (AvgIpc) is 2.76. The molecule has 168 valence electrons. The highest BCUT2D eigenvalue weighted by Gasteiger charge is 2.01. The maximum absolute atomic E-state index is 11.6. The number of anilines is 3. The van der Waals surface area contributed by atoms with Gasteiger partial charge in [0.1, 0.15) is 0 Å². The van der Waals surface area contributed by atoms with Gasteiger partial charge in [-0.1, -0.05) is 5.69 Å². The maximum atomic E-state index is 11.6. The van der Waals surface area contributed by atoms with Crippen molar-refractivity contribution in [1.29, 1.82) is 0 Å². The van der Waals surface area contributed by atoms with Gasteiger partial charge >= 0.3 is 0 Å². The van der Waals surface area contributed by atoms with Crippen LogP contribution in [0.1, 0.15) is 18.1 Å². The molecule has 0 atom stereocenters. The van der Waals surface area contributed by atoms with Crippen molar-refractivity contribution < 1.29 is 4.79 Å². The predicted octanol–water partition coefficient (Wildman–Crippen LogP) is 6.16. The summed E-state index contributed by atoms with van der Waals surface area (Å²) in [5, 5.41) is 2.93. The average molecular weight is 465 g/mol. The van der Waals surface area contributed by atoms with Crippen LogP contribution in [0.25, 0.3) is 0 Å². The molecule has 0 aliphatic rings. The minimum atomic E-state index is -0.0630. The molecule has 0 saturated heterocycles. The van der Waals surface area contributed by atoms with Crippen molar-refractivity contribution in [3.63, 3.8) is 0 Å². The van der Waals surface area contributed by atoms with Crippen LogP contribution in [0.4, 0.5) is 17.1 Å². The largest absolute Gasteiger partial charge is 0.378 e. The van der Waals surface area contributed by atoms with Crippen molar-refractivity contribution >= 4 is 46.5 Å². The number of nitrogens with zero attached hydrogens (tertiary/aromatic N) is 2. The molecule has 6 heteroatoms. The Morgan fingerprint density at radius 1 is 0.781 bits per heavy atom. The van der Waals surface area contributed by atoms with Crippen molar-refractivity contribution in [2.45, 2.75) is 28.2 Å². The van der Waals surface area contributed by atoms with Crippen LogP contribution in [0.15, 0.2) is 70.5 Å². The molecule has 0 bridgehead atoms. The van der Waals surface area contributed by atoms with E-state index in [2.05, 4.69) is 69.7 Å². The van der Waals surface area contributed by atoms with Gasteiger partial charge in [0.25, 0.3) is 0 Å². The Labute approximate surface area is 200 Å². The van der Waals surface area contributed by atoms with Crippen molar-refractivity contribution in [3.05, 3.63) is 77.9 Å². The van der Waals surface area contributed by atoms with Gasteiger partial charge in [0, 0.05) is 67.8 Å². The van der Waals surface area contributed by atoms with E-state index < -0.39 is 0 Å². The van der Waals surface area contributed by atoms with Crippen LogP contribution >= 0.6 is 23.5 Å². The number of hydrogen-bond donors (Lipinski definition) is 1. The second-order valence-electron chi connectivity index (χ2n) is 7.95. The normalized spacial score (nSPS) is 10.7. The van der Waals surface area contributed by atoms with Gasteiger partial charge in [0.2, 0.25) is 5.91 Å². The number of benzene rings is 3. The van der Waals surface area contributed by atoms with Gasteiger partial charge in [-0.05, 0) is 48.5 Å². The third-order valence-electron chi connectivity index (χ3n) is 4.80. The molecule has 32 heavy (non-hydrogen) atoms. The van der Waals surface area contributed by atoms with E-state index in [9.17, 15) is 4.79 Å². The van der Waals surface area contributed by atoms with Crippen molar-refractivity contribution in [2.24, 2.45) is 0 Å². The highest BCUT2D eigenvalue weighted by atomic mass is 32.2. The number of carbonyl (C=O) groups excluding carboxylic acids is 1. The van der Waals surface area contributed by atoms with Gasteiger partial charge in [-0.25, -0.2) is 0 Å². The quantitative estimate of drug-likeness (QED) is 0.303. The van der Waals surface area contributed by atoms with E-state index in [1.807, 2.05) is 40.3 Å². The molecule has 3 rings (SSSR count). The van der Waals surface area contributed by atoms with Gasteiger partial charge in [0.15, 0.2) is 0 Å². The Balaban J connectivity index is 1.70. The summed E-state index contributed by atoms with van der Waals surface area (Å²) in [6.07, 6.45) is 0. The molecule has 1 N–H and O–H groups in total. The summed E-state index contributed by atoms with van der Waals surface area (Å²) >= 11 is 3.55. The zero-order valence-electron chi connectivity index (χ0n) is 19.3. The Morgan fingerprint density at radius 2 is 1.19 bits per heavy atom. The van der Waals surface area contributed by atoms with Gasteiger partial charge in [-0.2, -0.15) is 6.07 Å². The number of hydrogen-bond acceptors (Lipinski definition) is 5. The number of thioether (sulfide) groups is 2. The van der Waals surface area contributed by atoms with E-state index >= 15 is 0 Å². The Bertz CT molecular complexity index is 958. The molecule has 0 unspecified atom stereocenters. The Morgan fingerprint density at radius 3 is 1.53 bits per heavy atom. The first kappa shape index (κ1) is 24.1. The molecule has 3 aromatic carbocycles. The third kappa shape index (κ3) is 7.24. The smallest absolute Gasteiger partial charge is 0.219 e. The van der Waals surface area contributed by atoms with Crippen LogP contribution in [0.2, 0.25) is 0 Å². The van der Waals surface area contributed by atoms with E-state index in [-0.39, 0.29) is 5.91 Å². The molecule has 0 heterocycles. The van der Waals surface area contributed by atoms with Crippen molar-refractivity contribution in [2.75, 3.05) is 43.3 Å². The van der Waals surface area contributed by atoms with E-state index in [1.54, 1.807) is 23.5 Å². The monoisotopic (exact) mass is 464 g/mol. The molecule has 0 spiro atoms. The van der Waals surface area contributed by atoms with Crippen LogP contribution in [-0.2, 0) is 16.3 Å². The number of nitrogens with one attached hydrogen (secondary N) is 1.